The van der Waals surface area contributed by atoms with Crippen molar-refractivity contribution in [2.45, 2.75) is 31.7 Å². The quantitative estimate of drug-likeness (QED) is 0.937. The first-order chi connectivity index (χ1) is 10.6. The lowest BCUT2D eigenvalue weighted by molar-refractivity contribution is 0.373. The van der Waals surface area contributed by atoms with Crippen molar-refractivity contribution in [3.63, 3.8) is 0 Å². The number of rotatable bonds is 4. The molecule has 3 rings (SSSR count). The van der Waals surface area contributed by atoms with Crippen molar-refractivity contribution in [1.82, 2.24) is 10.1 Å². The highest BCUT2D eigenvalue weighted by atomic mass is 32.2. The molecule has 1 aliphatic rings. The smallest absolute Gasteiger partial charge is 0.249 e. The molecule has 0 saturated carbocycles. The molecule has 7 heteroatoms. The van der Waals surface area contributed by atoms with Gasteiger partial charge in [0.2, 0.25) is 5.89 Å². The van der Waals surface area contributed by atoms with Crippen LogP contribution in [0.4, 0.5) is 5.69 Å². The van der Waals surface area contributed by atoms with Crippen molar-refractivity contribution in [2.24, 2.45) is 10.3 Å². The highest BCUT2D eigenvalue weighted by Crippen LogP contribution is 2.27. The van der Waals surface area contributed by atoms with E-state index < -0.39 is 9.73 Å². The first kappa shape index (κ1) is 15.0. The van der Waals surface area contributed by atoms with Crippen LogP contribution in [0.5, 0.6) is 0 Å². The molecule has 0 saturated heterocycles. The van der Waals surface area contributed by atoms with Gasteiger partial charge < -0.3 is 9.84 Å². The van der Waals surface area contributed by atoms with Crippen molar-refractivity contribution >= 4 is 15.4 Å². The summed E-state index contributed by atoms with van der Waals surface area (Å²) in [6, 6.07) is 7.60. The lowest BCUT2D eigenvalue weighted by Gasteiger charge is -2.21. The average Bonchev–Trinajstić information content (AvgIpc) is 2.93. The number of hydrogen-bond donors (Lipinski definition) is 1. The molecule has 1 unspecified atom stereocenters. The molecule has 6 nitrogen and oxygen atoms in total. The molecular formula is C15H20N4O2S. The molecule has 22 heavy (non-hydrogen) atoms. The fourth-order valence-corrected chi connectivity index (χ4v) is 4.38. The minimum absolute atomic E-state index is 0.193. The summed E-state index contributed by atoms with van der Waals surface area (Å²) in [5.41, 5.74) is 0.897. The summed E-state index contributed by atoms with van der Waals surface area (Å²) in [5, 5.41) is 7.19. The van der Waals surface area contributed by atoms with Crippen LogP contribution < -0.4 is 5.32 Å². The number of fused-ring (bicyclic) bond motifs is 1. The normalized spacial score (nSPS) is 20.5. The number of anilines is 1. The van der Waals surface area contributed by atoms with Crippen molar-refractivity contribution in [3.8, 4) is 0 Å². The Labute approximate surface area is 130 Å². The molecular weight excluding hydrogens is 300 g/mol. The third kappa shape index (κ3) is 3.14. The maximum Gasteiger partial charge on any atom is 0.249 e. The topological polar surface area (TPSA) is 80.4 Å². The molecule has 2 aromatic rings. The van der Waals surface area contributed by atoms with Crippen LogP contribution in [0.25, 0.3) is 0 Å². The zero-order chi connectivity index (χ0) is 15.6. The van der Waals surface area contributed by atoms with Crippen LogP contribution in [0.1, 0.15) is 25.6 Å². The van der Waals surface area contributed by atoms with Gasteiger partial charge in [-0.25, -0.2) is 8.57 Å². The fourth-order valence-electron chi connectivity index (χ4n) is 2.42. The Morgan fingerprint density at radius 2 is 2.23 bits per heavy atom. The van der Waals surface area contributed by atoms with Crippen LogP contribution in [0.2, 0.25) is 0 Å². The van der Waals surface area contributed by atoms with Gasteiger partial charge in [-0.2, -0.15) is 4.98 Å². The van der Waals surface area contributed by atoms with Gasteiger partial charge in [-0.05, 0) is 18.1 Å². The van der Waals surface area contributed by atoms with Crippen LogP contribution >= 0.6 is 0 Å². The number of aromatic nitrogens is 2. The Morgan fingerprint density at radius 1 is 1.41 bits per heavy atom. The summed E-state index contributed by atoms with van der Waals surface area (Å²) in [6.45, 7) is 5.05. The molecule has 0 radical (unpaired) electrons. The first-order valence-corrected chi connectivity index (χ1v) is 9.10. The van der Waals surface area contributed by atoms with Crippen LogP contribution in [-0.4, -0.2) is 26.6 Å². The Bertz CT molecular complexity index is 775. The van der Waals surface area contributed by atoms with Crippen molar-refractivity contribution in [2.75, 3.05) is 17.6 Å². The van der Waals surface area contributed by atoms with Crippen molar-refractivity contribution in [1.29, 1.82) is 0 Å². The van der Waals surface area contributed by atoms with E-state index in [-0.39, 0.29) is 6.54 Å². The monoisotopic (exact) mass is 320 g/mol. The molecule has 2 heterocycles. The standard InChI is InChI=1S/C15H20N4O2S/c1-11(2)9-14-18-15(21-19-14)10-17-22(20)8-7-16-12-5-3-4-6-13(12)22/h3-6,11,16H,7-10H2,1-2H3. The van der Waals surface area contributed by atoms with Crippen molar-refractivity contribution < 1.29 is 8.73 Å². The van der Waals surface area contributed by atoms with Crippen molar-refractivity contribution in [3.05, 3.63) is 36.0 Å². The van der Waals surface area contributed by atoms with Gasteiger partial charge >= 0.3 is 0 Å². The number of nitrogens with zero attached hydrogens (tertiary/aromatic N) is 3. The molecule has 0 fully saturated rings. The molecule has 1 aromatic heterocycles. The zero-order valence-electron chi connectivity index (χ0n) is 12.8. The van der Waals surface area contributed by atoms with Crippen LogP contribution in [0.15, 0.2) is 38.0 Å². The van der Waals surface area contributed by atoms with Gasteiger partial charge in [-0.15, -0.1) is 0 Å². The summed E-state index contributed by atoms with van der Waals surface area (Å²) in [5.74, 6) is 2.07. The van der Waals surface area contributed by atoms with Gasteiger partial charge in [0.25, 0.3) is 0 Å². The minimum Gasteiger partial charge on any atom is -0.383 e. The lowest BCUT2D eigenvalue weighted by atomic mass is 10.1. The number of benzene rings is 1. The first-order valence-electron chi connectivity index (χ1n) is 7.42. The van der Waals surface area contributed by atoms with E-state index in [9.17, 15) is 4.21 Å². The molecule has 1 aromatic carbocycles. The molecule has 0 bridgehead atoms. The largest absolute Gasteiger partial charge is 0.383 e. The van der Waals surface area contributed by atoms with Crippen LogP contribution in [0, 0.1) is 5.92 Å². The van der Waals surface area contributed by atoms with E-state index in [4.69, 9.17) is 4.52 Å². The zero-order valence-corrected chi connectivity index (χ0v) is 13.6. The summed E-state index contributed by atoms with van der Waals surface area (Å²) in [4.78, 5) is 5.08. The van der Waals surface area contributed by atoms with Crippen LogP contribution in [-0.2, 0) is 22.7 Å². The van der Waals surface area contributed by atoms with E-state index in [0.717, 1.165) is 17.0 Å². The van der Waals surface area contributed by atoms with Gasteiger partial charge in [-0.3, -0.25) is 0 Å². The summed E-state index contributed by atoms with van der Waals surface area (Å²) < 4.78 is 22.7. The highest BCUT2D eigenvalue weighted by Gasteiger charge is 2.21. The van der Waals surface area contributed by atoms with E-state index in [1.807, 2.05) is 24.3 Å². The maximum atomic E-state index is 13.1. The van der Waals surface area contributed by atoms with E-state index in [2.05, 4.69) is 33.7 Å². The second kappa shape index (κ2) is 6.08. The Morgan fingerprint density at radius 3 is 3.05 bits per heavy atom. The molecule has 0 spiro atoms. The second-order valence-corrected chi connectivity index (χ2v) is 8.14. The Balaban J connectivity index is 1.84. The average molecular weight is 320 g/mol. The maximum absolute atomic E-state index is 13.1. The van der Waals surface area contributed by atoms with E-state index in [1.165, 1.54) is 0 Å². The predicted octanol–water partition coefficient (Wildman–Crippen LogP) is 2.72. The molecule has 1 atom stereocenters. The third-order valence-electron chi connectivity index (χ3n) is 3.43. The van der Waals surface area contributed by atoms with Gasteiger partial charge in [0.05, 0.1) is 26.1 Å². The summed E-state index contributed by atoms with van der Waals surface area (Å²) in [6.07, 6.45) is 0.769. The van der Waals surface area contributed by atoms with Gasteiger partial charge in [0.1, 0.15) is 6.54 Å². The molecule has 0 aliphatic carbocycles. The summed E-state index contributed by atoms with van der Waals surface area (Å²) >= 11 is 0. The van der Waals surface area contributed by atoms with Crippen LogP contribution in [0.3, 0.4) is 0 Å². The number of para-hydroxylation sites is 1. The molecule has 118 valence electrons. The molecule has 0 amide bonds. The number of hydrogen-bond acceptors (Lipinski definition) is 6. The number of nitrogens with one attached hydrogen (secondary N) is 1. The fraction of sp³-hybridized carbons (Fsp3) is 0.467. The lowest BCUT2D eigenvalue weighted by Crippen LogP contribution is -2.23. The van der Waals surface area contributed by atoms with E-state index in [0.29, 0.717) is 29.9 Å². The van der Waals surface area contributed by atoms with Gasteiger partial charge in [-0.1, -0.05) is 31.1 Å². The Kier molecular flexibility index (Phi) is 4.15. The Hall–Kier alpha value is -1.89. The third-order valence-corrected chi connectivity index (χ3v) is 5.78. The highest BCUT2D eigenvalue weighted by molar-refractivity contribution is 7.93. The van der Waals surface area contributed by atoms with E-state index >= 15 is 0 Å². The second-order valence-electron chi connectivity index (χ2n) is 5.76. The van der Waals surface area contributed by atoms with Gasteiger partial charge in [0, 0.05) is 13.0 Å². The molecule has 1 aliphatic heterocycles. The van der Waals surface area contributed by atoms with Gasteiger partial charge in [0.15, 0.2) is 5.82 Å². The van der Waals surface area contributed by atoms with E-state index in [1.54, 1.807) is 0 Å². The predicted molar refractivity (Wildman–Crippen MR) is 85.2 cm³/mol. The SMILES string of the molecule is CC(C)Cc1noc(CN=S2(=O)CCNc3ccccc32)n1. The summed E-state index contributed by atoms with van der Waals surface area (Å²) in [7, 11) is -2.43. The minimum atomic E-state index is -2.43. The molecule has 1 N–H and O–H groups in total.